The molecule has 0 N–H and O–H groups in total. The van der Waals surface area contributed by atoms with Crippen LogP contribution in [0.4, 0.5) is 5.69 Å². The van der Waals surface area contributed by atoms with Gasteiger partial charge in [0.25, 0.3) is 0 Å². The number of carbonyl (C=O) groups excluding carboxylic acids is 1. The number of hydrogen-bond acceptors (Lipinski definition) is 2. The fraction of sp³-hybridized carbons (Fsp3) is 0.500. The minimum absolute atomic E-state index is 0.755. The van der Waals surface area contributed by atoms with Gasteiger partial charge in [0.15, 0.2) is 0 Å². The van der Waals surface area contributed by atoms with Crippen molar-refractivity contribution in [1.82, 2.24) is 0 Å². The second kappa shape index (κ2) is 4.28. The normalized spacial score (nSPS) is 24.8. The Morgan fingerprint density at radius 2 is 1.88 bits per heavy atom. The van der Waals surface area contributed by atoms with Crippen molar-refractivity contribution in [2.45, 2.75) is 20.8 Å². The number of benzene rings is 1. The molecule has 0 aromatic heterocycles. The van der Waals surface area contributed by atoms with E-state index in [1.165, 1.54) is 11.3 Å². The van der Waals surface area contributed by atoms with Crippen LogP contribution in [0.5, 0.6) is 0 Å². The van der Waals surface area contributed by atoms with Crippen molar-refractivity contribution in [3.63, 3.8) is 0 Å². The summed E-state index contributed by atoms with van der Waals surface area (Å²) in [6, 6.07) is 5.95. The van der Waals surface area contributed by atoms with Crippen molar-refractivity contribution in [1.29, 1.82) is 0 Å². The summed E-state index contributed by atoms with van der Waals surface area (Å²) in [6.07, 6.45) is 0.909. The molecule has 1 aliphatic heterocycles. The highest BCUT2D eigenvalue weighted by Gasteiger charge is 2.26. The van der Waals surface area contributed by atoms with E-state index >= 15 is 0 Å². The van der Waals surface area contributed by atoms with Crippen LogP contribution in [-0.4, -0.2) is 19.4 Å². The molecule has 2 atom stereocenters. The van der Waals surface area contributed by atoms with Crippen LogP contribution in [-0.2, 0) is 0 Å². The maximum absolute atomic E-state index is 10.7. The molecule has 1 aromatic rings. The second-order valence-corrected chi connectivity index (χ2v) is 5.02. The van der Waals surface area contributed by atoms with Crippen molar-refractivity contribution < 1.29 is 4.79 Å². The van der Waals surface area contributed by atoms with Gasteiger partial charge in [-0.25, -0.2) is 0 Å². The van der Waals surface area contributed by atoms with Crippen LogP contribution in [0.3, 0.4) is 0 Å². The van der Waals surface area contributed by atoms with Crippen LogP contribution in [0.2, 0.25) is 0 Å². The van der Waals surface area contributed by atoms with Gasteiger partial charge < -0.3 is 4.90 Å². The highest BCUT2D eigenvalue weighted by Crippen LogP contribution is 2.30. The van der Waals surface area contributed by atoms with Crippen molar-refractivity contribution in [3.8, 4) is 0 Å². The molecule has 1 aromatic carbocycles. The van der Waals surface area contributed by atoms with Gasteiger partial charge in [-0.1, -0.05) is 13.8 Å². The van der Waals surface area contributed by atoms with Crippen molar-refractivity contribution in [2.75, 3.05) is 18.0 Å². The first-order chi connectivity index (χ1) is 7.61. The van der Waals surface area contributed by atoms with Crippen LogP contribution in [0.15, 0.2) is 18.2 Å². The maximum atomic E-state index is 10.7. The summed E-state index contributed by atoms with van der Waals surface area (Å²) in [7, 11) is 0. The molecule has 0 saturated carbocycles. The Labute approximate surface area is 97.3 Å². The van der Waals surface area contributed by atoms with E-state index in [-0.39, 0.29) is 0 Å². The van der Waals surface area contributed by atoms with Crippen LogP contribution < -0.4 is 4.90 Å². The van der Waals surface area contributed by atoms with Gasteiger partial charge in [-0.3, -0.25) is 4.79 Å². The van der Waals surface area contributed by atoms with Crippen LogP contribution in [0.25, 0.3) is 0 Å². The zero-order valence-electron chi connectivity index (χ0n) is 10.2. The average Bonchev–Trinajstić information content (AvgIpc) is 2.58. The Balaban J connectivity index is 2.25. The first-order valence-electron chi connectivity index (χ1n) is 5.92. The SMILES string of the molecule is Cc1cc(C=O)ccc1N1CC(C)C(C)C1. The standard InChI is InChI=1S/C14H19NO/c1-10-6-13(9-16)4-5-14(10)15-7-11(2)12(3)8-15/h4-6,9,11-12H,7-8H2,1-3H3. The van der Waals surface area contributed by atoms with Crippen LogP contribution >= 0.6 is 0 Å². The molecule has 2 heteroatoms. The van der Waals surface area contributed by atoms with Gasteiger partial charge in [0.2, 0.25) is 0 Å². The zero-order valence-corrected chi connectivity index (χ0v) is 10.2. The topological polar surface area (TPSA) is 20.3 Å². The smallest absolute Gasteiger partial charge is 0.150 e. The Bertz CT molecular complexity index is 390. The summed E-state index contributed by atoms with van der Waals surface area (Å²) < 4.78 is 0. The van der Waals surface area contributed by atoms with Gasteiger partial charge in [-0.05, 0) is 42.5 Å². The number of nitrogens with zero attached hydrogens (tertiary/aromatic N) is 1. The lowest BCUT2D eigenvalue weighted by Gasteiger charge is -2.21. The Morgan fingerprint density at radius 3 is 2.38 bits per heavy atom. The Hall–Kier alpha value is -1.31. The van der Waals surface area contributed by atoms with Crippen LogP contribution in [0, 0.1) is 18.8 Å². The highest BCUT2D eigenvalue weighted by atomic mass is 16.1. The fourth-order valence-corrected chi connectivity index (χ4v) is 2.43. The molecule has 1 fully saturated rings. The summed E-state index contributed by atoms with van der Waals surface area (Å²) in [5.41, 5.74) is 3.24. The van der Waals surface area contributed by atoms with Gasteiger partial charge in [-0.15, -0.1) is 0 Å². The molecule has 16 heavy (non-hydrogen) atoms. The molecule has 0 aliphatic carbocycles. The largest absolute Gasteiger partial charge is 0.371 e. The minimum atomic E-state index is 0.755. The molecular weight excluding hydrogens is 198 g/mol. The molecule has 0 radical (unpaired) electrons. The number of hydrogen-bond donors (Lipinski definition) is 0. The lowest BCUT2D eigenvalue weighted by atomic mass is 10.0. The molecule has 0 bridgehead atoms. The molecule has 1 aliphatic rings. The molecule has 2 rings (SSSR count). The maximum Gasteiger partial charge on any atom is 0.150 e. The van der Waals surface area contributed by atoms with E-state index in [0.717, 1.165) is 36.8 Å². The fourth-order valence-electron chi connectivity index (χ4n) is 2.43. The number of aldehydes is 1. The van der Waals surface area contributed by atoms with Gasteiger partial charge >= 0.3 is 0 Å². The van der Waals surface area contributed by atoms with E-state index in [1.807, 2.05) is 12.1 Å². The van der Waals surface area contributed by atoms with E-state index in [4.69, 9.17) is 0 Å². The monoisotopic (exact) mass is 217 g/mol. The highest BCUT2D eigenvalue weighted by molar-refractivity contribution is 5.77. The Kier molecular flexibility index (Phi) is 2.99. The van der Waals surface area contributed by atoms with E-state index in [2.05, 4.69) is 31.7 Å². The van der Waals surface area contributed by atoms with E-state index in [0.29, 0.717) is 0 Å². The summed E-state index contributed by atoms with van der Waals surface area (Å²) in [6.45, 7) is 8.94. The molecule has 1 saturated heterocycles. The predicted molar refractivity (Wildman–Crippen MR) is 67.1 cm³/mol. The molecule has 2 nitrogen and oxygen atoms in total. The first-order valence-corrected chi connectivity index (χ1v) is 5.92. The third kappa shape index (κ3) is 1.97. The van der Waals surface area contributed by atoms with Crippen molar-refractivity contribution in [3.05, 3.63) is 29.3 Å². The number of rotatable bonds is 2. The molecule has 1 heterocycles. The molecule has 0 spiro atoms. The lowest BCUT2D eigenvalue weighted by Crippen LogP contribution is -2.20. The minimum Gasteiger partial charge on any atom is -0.371 e. The van der Waals surface area contributed by atoms with Crippen molar-refractivity contribution in [2.24, 2.45) is 11.8 Å². The number of carbonyl (C=O) groups is 1. The first kappa shape index (κ1) is 11.2. The van der Waals surface area contributed by atoms with Gasteiger partial charge in [0.1, 0.15) is 6.29 Å². The summed E-state index contributed by atoms with van der Waals surface area (Å²) >= 11 is 0. The third-order valence-corrected chi connectivity index (χ3v) is 3.69. The number of anilines is 1. The quantitative estimate of drug-likeness (QED) is 0.710. The molecule has 0 amide bonds. The lowest BCUT2D eigenvalue weighted by molar-refractivity contribution is 0.112. The van der Waals surface area contributed by atoms with Gasteiger partial charge in [-0.2, -0.15) is 0 Å². The summed E-state index contributed by atoms with van der Waals surface area (Å²) in [5, 5.41) is 0. The van der Waals surface area contributed by atoms with E-state index in [1.54, 1.807) is 0 Å². The third-order valence-electron chi connectivity index (χ3n) is 3.69. The van der Waals surface area contributed by atoms with Gasteiger partial charge in [0.05, 0.1) is 0 Å². The summed E-state index contributed by atoms with van der Waals surface area (Å²) in [5.74, 6) is 1.51. The molecular formula is C14H19NO. The predicted octanol–water partition coefficient (Wildman–Crippen LogP) is 2.90. The molecule has 86 valence electrons. The Morgan fingerprint density at radius 1 is 1.25 bits per heavy atom. The average molecular weight is 217 g/mol. The van der Waals surface area contributed by atoms with Crippen molar-refractivity contribution >= 4 is 12.0 Å². The van der Waals surface area contributed by atoms with Gasteiger partial charge in [0, 0.05) is 24.3 Å². The number of aryl methyl sites for hydroxylation is 1. The second-order valence-electron chi connectivity index (χ2n) is 5.02. The molecule has 2 unspecified atom stereocenters. The van der Waals surface area contributed by atoms with E-state index in [9.17, 15) is 4.79 Å². The van der Waals surface area contributed by atoms with E-state index < -0.39 is 0 Å². The summed E-state index contributed by atoms with van der Waals surface area (Å²) in [4.78, 5) is 13.1. The van der Waals surface area contributed by atoms with Crippen LogP contribution in [0.1, 0.15) is 29.8 Å². The zero-order chi connectivity index (χ0) is 11.7.